The van der Waals surface area contributed by atoms with Gasteiger partial charge in [0.25, 0.3) is 0 Å². The first-order chi connectivity index (χ1) is 13.4. The van der Waals surface area contributed by atoms with Crippen LogP contribution in [0.4, 0.5) is 0 Å². The number of fused-ring (bicyclic) bond motifs is 1. The van der Waals surface area contributed by atoms with Crippen molar-refractivity contribution in [3.05, 3.63) is 35.6 Å². The molecule has 28 heavy (non-hydrogen) atoms. The number of carbonyl (C=O) groups is 2. The minimum absolute atomic E-state index is 0.0876. The van der Waals surface area contributed by atoms with Crippen molar-refractivity contribution in [1.82, 2.24) is 0 Å². The van der Waals surface area contributed by atoms with Gasteiger partial charge in [-0.3, -0.25) is 4.79 Å². The highest BCUT2D eigenvalue weighted by molar-refractivity contribution is 5.90. The fraction of sp³-hybridized carbons (Fsp3) is 0.474. The van der Waals surface area contributed by atoms with Gasteiger partial charge in [0.1, 0.15) is 12.7 Å². The quantitative estimate of drug-likeness (QED) is 0.485. The molecule has 2 aliphatic heterocycles. The van der Waals surface area contributed by atoms with E-state index in [4.69, 9.17) is 18.9 Å². The van der Waals surface area contributed by atoms with Gasteiger partial charge in [-0.15, -0.1) is 0 Å². The predicted octanol–water partition coefficient (Wildman–Crippen LogP) is 0.610. The SMILES string of the molecule is COC(=O)C1=CO[C@@H](O)[C@H]2[C@@H]1CC(=O)OC[C@H]2OCCc1ccc(O)c(O)c1. The smallest absolute Gasteiger partial charge is 0.337 e. The van der Waals surface area contributed by atoms with Crippen LogP contribution in [0.15, 0.2) is 30.0 Å². The summed E-state index contributed by atoms with van der Waals surface area (Å²) in [7, 11) is 1.22. The number of aromatic hydroxyl groups is 2. The number of esters is 2. The van der Waals surface area contributed by atoms with Gasteiger partial charge < -0.3 is 34.3 Å². The van der Waals surface area contributed by atoms with E-state index in [2.05, 4.69) is 0 Å². The second kappa shape index (κ2) is 8.49. The fourth-order valence-corrected chi connectivity index (χ4v) is 3.47. The maximum atomic E-state index is 12.0. The van der Waals surface area contributed by atoms with Gasteiger partial charge in [-0.05, 0) is 24.1 Å². The number of ether oxygens (including phenoxy) is 4. The topological polar surface area (TPSA) is 132 Å². The van der Waals surface area contributed by atoms with Crippen LogP contribution < -0.4 is 0 Å². The summed E-state index contributed by atoms with van der Waals surface area (Å²) in [6.45, 7) is 0.106. The molecule has 9 heteroatoms. The van der Waals surface area contributed by atoms with Crippen LogP contribution in [0.2, 0.25) is 0 Å². The molecule has 0 radical (unpaired) electrons. The molecule has 2 aliphatic rings. The molecule has 0 aliphatic carbocycles. The van der Waals surface area contributed by atoms with Crippen LogP contribution in [0, 0.1) is 11.8 Å². The van der Waals surface area contributed by atoms with E-state index < -0.39 is 36.2 Å². The predicted molar refractivity (Wildman–Crippen MR) is 93.0 cm³/mol. The maximum absolute atomic E-state index is 12.0. The standard InChI is InChI=1S/C19H22O9/c1-25-18(23)12-8-28-19(24)17-11(12)7-16(22)27-9-15(17)26-5-4-10-2-3-13(20)14(21)6-10/h2-3,6,8,11,15,17,19-21,24H,4-5,7,9H2,1H3/t11-,15-,17+,19-/m1/s1. The van der Waals surface area contributed by atoms with Crippen LogP contribution in [0.25, 0.3) is 0 Å². The van der Waals surface area contributed by atoms with Crippen LogP contribution in [0.5, 0.6) is 11.5 Å². The molecule has 0 spiro atoms. The van der Waals surface area contributed by atoms with E-state index in [-0.39, 0.29) is 36.7 Å². The van der Waals surface area contributed by atoms with E-state index in [1.54, 1.807) is 6.07 Å². The Morgan fingerprint density at radius 3 is 2.79 bits per heavy atom. The van der Waals surface area contributed by atoms with E-state index in [0.717, 1.165) is 11.8 Å². The minimum atomic E-state index is -1.27. The lowest BCUT2D eigenvalue weighted by Crippen LogP contribution is -2.45. The van der Waals surface area contributed by atoms with Gasteiger partial charge in [-0.1, -0.05) is 6.07 Å². The van der Waals surface area contributed by atoms with Crippen molar-refractivity contribution in [3.8, 4) is 11.5 Å². The molecule has 152 valence electrons. The van der Waals surface area contributed by atoms with Crippen molar-refractivity contribution >= 4 is 11.9 Å². The number of cyclic esters (lactones) is 1. The molecule has 1 aromatic rings. The summed E-state index contributed by atoms with van der Waals surface area (Å²) in [5, 5.41) is 29.2. The summed E-state index contributed by atoms with van der Waals surface area (Å²) in [4.78, 5) is 24.0. The van der Waals surface area contributed by atoms with E-state index in [1.807, 2.05) is 0 Å². The van der Waals surface area contributed by atoms with Gasteiger partial charge in [0.05, 0.1) is 37.9 Å². The number of methoxy groups -OCH3 is 1. The van der Waals surface area contributed by atoms with Crippen molar-refractivity contribution < 1.29 is 43.9 Å². The first-order valence-electron chi connectivity index (χ1n) is 8.80. The Morgan fingerprint density at radius 1 is 1.29 bits per heavy atom. The number of phenolic OH excluding ortho intramolecular Hbond substituents is 2. The zero-order chi connectivity index (χ0) is 20.3. The molecular formula is C19H22O9. The Bertz CT molecular complexity index is 773. The monoisotopic (exact) mass is 394 g/mol. The summed E-state index contributed by atoms with van der Waals surface area (Å²) >= 11 is 0. The van der Waals surface area contributed by atoms with Crippen molar-refractivity contribution in [2.24, 2.45) is 11.8 Å². The molecule has 0 amide bonds. The Labute approximate surface area is 161 Å². The first kappa shape index (κ1) is 20.0. The molecular weight excluding hydrogens is 372 g/mol. The fourth-order valence-electron chi connectivity index (χ4n) is 3.47. The Hall–Kier alpha value is -2.78. The van der Waals surface area contributed by atoms with Gasteiger partial charge in [-0.2, -0.15) is 0 Å². The van der Waals surface area contributed by atoms with Gasteiger partial charge in [0.15, 0.2) is 11.5 Å². The number of benzene rings is 1. The second-order valence-corrected chi connectivity index (χ2v) is 6.64. The highest BCUT2D eigenvalue weighted by Gasteiger charge is 2.47. The van der Waals surface area contributed by atoms with E-state index in [0.29, 0.717) is 6.42 Å². The zero-order valence-electron chi connectivity index (χ0n) is 15.2. The summed E-state index contributed by atoms with van der Waals surface area (Å²) in [5.41, 5.74) is 0.877. The third-order valence-corrected chi connectivity index (χ3v) is 4.94. The molecule has 3 N–H and O–H groups in total. The lowest BCUT2D eigenvalue weighted by Gasteiger charge is -2.36. The molecule has 2 heterocycles. The molecule has 3 rings (SSSR count). The lowest BCUT2D eigenvalue weighted by molar-refractivity contribution is -0.169. The molecule has 9 nitrogen and oxygen atoms in total. The first-order valence-corrected chi connectivity index (χ1v) is 8.80. The highest BCUT2D eigenvalue weighted by Crippen LogP contribution is 2.38. The van der Waals surface area contributed by atoms with Crippen LogP contribution in [-0.4, -0.2) is 60.0 Å². The second-order valence-electron chi connectivity index (χ2n) is 6.64. The third kappa shape index (κ3) is 4.20. The Morgan fingerprint density at radius 2 is 2.07 bits per heavy atom. The van der Waals surface area contributed by atoms with Crippen molar-refractivity contribution in [2.45, 2.75) is 25.2 Å². The minimum Gasteiger partial charge on any atom is -0.504 e. The summed E-state index contributed by atoms with van der Waals surface area (Å²) in [6, 6.07) is 4.44. The molecule has 0 unspecified atom stereocenters. The molecule has 1 aromatic carbocycles. The van der Waals surface area contributed by atoms with E-state index in [1.165, 1.54) is 19.2 Å². The number of aliphatic hydroxyl groups is 1. The van der Waals surface area contributed by atoms with Crippen LogP contribution in [-0.2, 0) is 35.0 Å². The largest absolute Gasteiger partial charge is 0.504 e. The highest BCUT2D eigenvalue weighted by atomic mass is 16.6. The normalized spacial score (nSPS) is 26.9. The Balaban J connectivity index is 1.72. The molecule has 0 aromatic heterocycles. The molecule has 1 saturated heterocycles. The van der Waals surface area contributed by atoms with E-state index >= 15 is 0 Å². The van der Waals surface area contributed by atoms with Gasteiger partial charge in [0, 0.05) is 5.92 Å². The molecule has 1 fully saturated rings. The number of aliphatic hydroxyl groups excluding tert-OH is 1. The van der Waals surface area contributed by atoms with Crippen LogP contribution in [0.3, 0.4) is 0 Å². The van der Waals surface area contributed by atoms with Gasteiger partial charge in [-0.25, -0.2) is 4.79 Å². The van der Waals surface area contributed by atoms with E-state index in [9.17, 15) is 24.9 Å². The lowest BCUT2D eigenvalue weighted by atomic mass is 9.79. The summed E-state index contributed by atoms with van der Waals surface area (Å²) in [5.74, 6) is -2.95. The van der Waals surface area contributed by atoms with Crippen LogP contribution >= 0.6 is 0 Å². The van der Waals surface area contributed by atoms with Crippen LogP contribution in [0.1, 0.15) is 12.0 Å². The maximum Gasteiger partial charge on any atom is 0.337 e. The summed E-state index contributed by atoms with van der Waals surface area (Å²) in [6.07, 6.45) is -0.544. The van der Waals surface area contributed by atoms with Crippen molar-refractivity contribution in [1.29, 1.82) is 0 Å². The average molecular weight is 394 g/mol. The molecule has 0 bridgehead atoms. The average Bonchev–Trinajstić information content (AvgIpc) is 2.84. The van der Waals surface area contributed by atoms with Crippen molar-refractivity contribution in [2.75, 3.05) is 20.3 Å². The molecule has 0 saturated carbocycles. The number of hydrogen-bond acceptors (Lipinski definition) is 9. The Kier molecular flexibility index (Phi) is 6.05. The zero-order valence-corrected chi connectivity index (χ0v) is 15.2. The van der Waals surface area contributed by atoms with Gasteiger partial charge >= 0.3 is 11.9 Å². The van der Waals surface area contributed by atoms with Gasteiger partial charge in [0.2, 0.25) is 6.29 Å². The summed E-state index contributed by atoms with van der Waals surface area (Å²) < 4.78 is 20.9. The number of carbonyl (C=O) groups excluding carboxylic acids is 2. The molecule has 4 atom stereocenters. The van der Waals surface area contributed by atoms with Crippen molar-refractivity contribution in [3.63, 3.8) is 0 Å². The number of hydrogen-bond donors (Lipinski definition) is 3. The number of phenols is 2. The number of rotatable bonds is 5. The third-order valence-electron chi connectivity index (χ3n) is 4.94.